The molecule has 1 unspecified atom stereocenters. The molecule has 2 aliphatic rings. The van der Waals surface area contributed by atoms with Crippen molar-refractivity contribution in [3.8, 4) is 0 Å². The Morgan fingerprint density at radius 2 is 2.31 bits per heavy atom. The maximum absolute atomic E-state index is 11.2. The maximum atomic E-state index is 11.2. The van der Waals surface area contributed by atoms with E-state index in [1.165, 1.54) is 4.90 Å². The van der Waals surface area contributed by atoms with Gasteiger partial charge in [-0.05, 0) is 19.4 Å². The van der Waals surface area contributed by atoms with E-state index in [4.69, 9.17) is 0 Å². The molecule has 2 saturated heterocycles. The topological polar surface area (TPSA) is 58.6 Å². The Labute approximate surface area is 76.0 Å². The van der Waals surface area contributed by atoms with Gasteiger partial charge >= 0.3 is 6.09 Å². The standard InChI is InChI=1S/C8H12N2O3/c11-7-5-13-8(12)10(7)6-2-1-3-9-4-6/h6,9H,1-5H2. The lowest BCUT2D eigenvalue weighted by atomic mass is 10.1. The first-order chi connectivity index (χ1) is 6.29. The van der Waals surface area contributed by atoms with E-state index in [1.807, 2.05) is 0 Å². The Kier molecular flexibility index (Phi) is 2.18. The average molecular weight is 184 g/mol. The molecule has 5 nitrogen and oxygen atoms in total. The van der Waals surface area contributed by atoms with Gasteiger partial charge in [0, 0.05) is 6.54 Å². The molecule has 2 heterocycles. The molecule has 0 aliphatic carbocycles. The number of nitrogens with one attached hydrogen (secondary N) is 1. The molecule has 5 heteroatoms. The first kappa shape index (κ1) is 8.50. The Hall–Kier alpha value is -1.10. The van der Waals surface area contributed by atoms with Crippen molar-refractivity contribution in [3.63, 3.8) is 0 Å². The van der Waals surface area contributed by atoms with Crippen molar-refractivity contribution in [3.05, 3.63) is 0 Å². The van der Waals surface area contributed by atoms with E-state index in [0.717, 1.165) is 19.4 Å². The summed E-state index contributed by atoms with van der Waals surface area (Å²) < 4.78 is 4.64. The number of ether oxygens (including phenoxy) is 1. The zero-order valence-electron chi connectivity index (χ0n) is 7.28. The number of imide groups is 1. The van der Waals surface area contributed by atoms with Crippen LogP contribution in [0.25, 0.3) is 0 Å². The van der Waals surface area contributed by atoms with Gasteiger partial charge in [0.05, 0.1) is 6.04 Å². The molecule has 2 aliphatic heterocycles. The van der Waals surface area contributed by atoms with E-state index in [-0.39, 0.29) is 18.6 Å². The number of hydrogen-bond acceptors (Lipinski definition) is 4. The number of rotatable bonds is 1. The lowest BCUT2D eigenvalue weighted by Crippen LogP contribution is -2.48. The zero-order valence-corrected chi connectivity index (χ0v) is 7.28. The maximum Gasteiger partial charge on any atom is 0.417 e. The van der Waals surface area contributed by atoms with Gasteiger partial charge in [0.15, 0.2) is 6.61 Å². The predicted octanol–water partition coefficient (Wildman–Crippen LogP) is -0.283. The number of carbonyl (C=O) groups excluding carboxylic acids is 2. The highest BCUT2D eigenvalue weighted by molar-refractivity contribution is 5.98. The van der Waals surface area contributed by atoms with Gasteiger partial charge in [-0.3, -0.25) is 4.79 Å². The Morgan fingerprint density at radius 3 is 2.85 bits per heavy atom. The van der Waals surface area contributed by atoms with Crippen LogP contribution in [-0.4, -0.2) is 42.6 Å². The van der Waals surface area contributed by atoms with Gasteiger partial charge in [-0.15, -0.1) is 0 Å². The summed E-state index contributed by atoms with van der Waals surface area (Å²) in [5.74, 6) is -0.210. The highest BCUT2D eigenvalue weighted by Gasteiger charge is 2.37. The molecule has 72 valence electrons. The molecule has 0 aromatic heterocycles. The van der Waals surface area contributed by atoms with Crippen LogP contribution in [-0.2, 0) is 9.53 Å². The minimum absolute atomic E-state index is 0.00347. The highest BCUT2D eigenvalue weighted by atomic mass is 16.6. The predicted molar refractivity (Wildman–Crippen MR) is 44.1 cm³/mol. The third kappa shape index (κ3) is 1.51. The molecule has 0 spiro atoms. The third-order valence-corrected chi connectivity index (χ3v) is 2.42. The van der Waals surface area contributed by atoms with Gasteiger partial charge in [0.1, 0.15) is 0 Å². The largest absolute Gasteiger partial charge is 0.439 e. The van der Waals surface area contributed by atoms with E-state index in [2.05, 4.69) is 10.1 Å². The highest BCUT2D eigenvalue weighted by Crippen LogP contribution is 2.15. The van der Waals surface area contributed by atoms with Crippen molar-refractivity contribution in [2.75, 3.05) is 19.7 Å². The van der Waals surface area contributed by atoms with Crippen LogP contribution in [0.15, 0.2) is 0 Å². The molecule has 2 rings (SSSR count). The minimum Gasteiger partial charge on any atom is -0.439 e. The Balaban J connectivity index is 2.05. The molecule has 0 radical (unpaired) electrons. The third-order valence-electron chi connectivity index (χ3n) is 2.42. The number of amides is 2. The average Bonchev–Trinajstić information content (AvgIpc) is 2.48. The van der Waals surface area contributed by atoms with Crippen LogP contribution in [0.4, 0.5) is 4.79 Å². The van der Waals surface area contributed by atoms with Gasteiger partial charge in [0.2, 0.25) is 0 Å². The van der Waals surface area contributed by atoms with Crippen molar-refractivity contribution in [1.29, 1.82) is 0 Å². The molecule has 13 heavy (non-hydrogen) atoms. The summed E-state index contributed by atoms with van der Waals surface area (Å²) in [6.07, 6.45) is 1.40. The van der Waals surface area contributed by atoms with E-state index < -0.39 is 6.09 Å². The fourth-order valence-electron chi connectivity index (χ4n) is 1.77. The molecule has 1 atom stereocenters. The molecule has 0 saturated carbocycles. The van der Waals surface area contributed by atoms with Crippen molar-refractivity contribution < 1.29 is 14.3 Å². The van der Waals surface area contributed by atoms with Crippen LogP contribution in [0.3, 0.4) is 0 Å². The summed E-state index contributed by atoms with van der Waals surface area (Å²) in [6, 6.07) is -0.00347. The molecule has 2 amide bonds. The van der Waals surface area contributed by atoms with Gasteiger partial charge in [-0.2, -0.15) is 0 Å². The SMILES string of the molecule is O=C1COC(=O)N1C1CCCNC1. The fourth-order valence-corrected chi connectivity index (χ4v) is 1.77. The van der Waals surface area contributed by atoms with Gasteiger partial charge in [0.25, 0.3) is 5.91 Å². The summed E-state index contributed by atoms with van der Waals surface area (Å²) in [6.45, 7) is 1.57. The summed E-state index contributed by atoms with van der Waals surface area (Å²) in [5.41, 5.74) is 0. The monoisotopic (exact) mass is 184 g/mol. The Bertz CT molecular complexity index is 220. The van der Waals surface area contributed by atoms with Crippen molar-refractivity contribution in [1.82, 2.24) is 10.2 Å². The fraction of sp³-hybridized carbons (Fsp3) is 0.750. The second-order valence-electron chi connectivity index (χ2n) is 3.32. The zero-order chi connectivity index (χ0) is 9.26. The lowest BCUT2D eigenvalue weighted by molar-refractivity contribution is -0.127. The van der Waals surface area contributed by atoms with Crippen molar-refractivity contribution in [2.24, 2.45) is 0 Å². The van der Waals surface area contributed by atoms with Gasteiger partial charge in [-0.25, -0.2) is 9.69 Å². The van der Waals surface area contributed by atoms with Crippen molar-refractivity contribution >= 4 is 12.0 Å². The summed E-state index contributed by atoms with van der Waals surface area (Å²) >= 11 is 0. The second kappa shape index (κ2) is 3.33. The minimum atomic E-state index is -0.487. The number of hydrogen-bond donors (Lipinski definition) is 1. The van der Waals surface area contributed by atoms with Crippen LogP contribution in [0, 0.1) is 0 Å². The summed E-state index contributed by atoms with van der Waals surface area (Å²) in [4.78, 5) is 23.6. The van der Waals surface area contributed by atoms with Crippen LogP contribution in [0.1, 0.15) is 12.8 Å². The Morgan fingerprint density at radius 1 is 1.46 bits per heavy atom. The van der Waals surface area contributed by atoms with Crippen LogP contribution in [0.5, 0.6) is 0 Å². The number of nitrogens with zero attached hydrogens (tertiary/aromatic N) is 1. The number of carbonyl (C=O) groups is 2. The summed E-state index contributed by atoms with van der Waals surface area (Å²) in [7, 11) is 0. The molecule has 0 aromatic carbocycles. The van der Waals surface area contributed by atoms with Crippen LogP contribution >= 0.6 is 0 Å². The van der Waals surface area contributed by atoms with Gasteiger partial charge in [-0.1, -0.05) is 0 Å². The van der Waals surface area contributed by atoms with Crippen LogP contribution in [0.2, 0.25) is 0 Å². The van der Waals surface area contributed by atoms with E-state index in [1.54, 1.807) is 0 Å². The smallest absolute Gasteiger partial charge is 0.417 e. The molecule has 0 bridgehead atoms. The lowest BCUT2D eigenvalue weighted by Gasteiger charge is -2.27. The quantitative estimate of drug-likeness (QED) is 0.608. The van der Waals surface area contributed by atoms with Crippen LogP contribution < -0.4 is 5.32 Å². The van der Waals surface area contributed by atoms with E-state index in [0.29, 0.717) is 6.54 Å². The number of piperidine rings is 1. The molecule has 1 N–H and O–H groups in total. The molecule has 2 fully saturated rings. The second-order valence-corrected chi connectivity index (χ2v) is 3.32. The summed E-state index contributed by atoms with van der Waals surface area (Å²) in [5, 5.41) is 3.15. The molecular weight excluding hydrogens is 172 g/mol. The normalized spacial score (nSPS) is 29.2. The number of cyclic esters (lactones) is 1. The van der Waals surface area contributed by atoms with E-state index >= 15 is 0 Å². The first-order valence-corrected chi connectivity index (χ1v) is 4.48. The van der Waals surface area contributed by atoms with Crippen molar-refractivity contribution in [2.45, 2.75) is 18.9 Å². The van der Waals surface area contributed by atoms with E-state index in [9.17, 15) is 9.59 Å². The molecular formula is C8H12N2O3. The first-order valence-electron chi connectivity index (χ1n) is 4.48. The molecule has 0 aromatic rings. The van der Waals surface area contributed by atoms with Gasteiger partial charge < -0.3 is 10.1 Å².